The molecule has 0 amide bonds. The summed E-state index contributed by atoms with van der Waals surface area (Å²) >= 11 is 0. The molecular formula is C10H23P. The highest BCUT2D eigenvalue weighted by molar-refractivity contribution is 7.56. The minimum absolute atomic E-state index is 0.344. The van der Waals surface area contributed by atoms with Crippen LogP contribution in [0.5, 0.6) is 0 Å². The second kappa shape index (κ2) is 6.00. The molecule has 0 fully saturated rings. The predicted molar refractivity (Wildman–Crippen MR) is 56.9 cm³/mol. The second-order valence-electron chi connectivity index (χ2n) is 3.72. The Balaban J connectivity index is 3.58. The Morgan fingerprint density at radius 3 is 2.00 bits per heavy atom. The van der Waals surface area contributed by atoms with E-state index in [4.69, 9.17) is 0 Å². The van der Waals surface area contributed by atoms with E-state index in [-0.39, 0.29) is 0 Å². The minimum atomic E-state index is 0.344. The Labute approximate surface area is 73.5 Å². The summed E-state index contributed by atoms with van der Waals surface area (Å²) in [4.78, 5) is 0. The fourth-order valence-electron chi connectivity index (χ4n) is 1.20. The fraction of sp³-hybridized carbons (Fsp3) is 1.00. The van der Waals surface area contributed by atoms with E-state index in [0.717, 1.165) is 11.8 Å². The van der Waals surface area contributed by atoms with Gasteiger partial charge in [0.15, 0.2) is 0 Å². The fourth-order valence-corrected chi connectivity index (χ4v) is 2.80. The molecule has 3 unspecified atom stereocenters. The van der Waals surface area contributed by atoms with Crippen LogP contribution in [0.3, 0.4) is 0 Å². The van der Waals surface area contributed by atoms with Crippen molar-refractivity contribution >= 4 is 7.92 Å². The van der Waals surface area contributed by atoms with E-state index in [1.54, 1.807) is 0 Å². The average Bonchev–Trinajstić information content (AvgIpc) is 2.02. The number of hydrogen-bond donors (Lipinski definition) is 0. The molecule has 0 aromatic carbocycles. The van der Waals surface area contributed by atoms with Crippen LogP contribution < -0.4 is 0 Å². The van der Waals surface area contributed by atoms with Gasteiger partial charge in [-0.2, -0.15) is 0 Å². The summed E-state index contributed by atoms with van der Waals surface area (Å²) < 4.78 is 0. The maximum atomic E-state index is 2.42. The van der Waals surface area contributed by atoms with Crippen LogP contribution in [-0.2, 0) is 0 Å². The smallest absolute Gasteiger partial charge is 0.0300 e. The van der Waals surface area contributed by atoms with Gasteiger partial charge in [0.1, 0.15) is 0 Å². The minimum Gasteiger partial charge on any atom is -0.110 e. The first-order valence-corrected chi connectivity index (χ1v) is 6.96. The van der Waals surface area contributed by atoms with E-state index in [0.29, 0.717) is 7.92 Å². The van der Waals surface area contributed by atoms with Crippen molar-refractivity contribution in [3.05, 3.63) is 0 Å². The summed E-state index contributed by atoms with van der Waals surface area (Å²) in [5.41, 5.74) is 0. The summed E-state index contributed by atoms with van der Waals surface area (Å²) in [7, 11) is 0.344. The molecule has 0 aliphatic carbocycles. The highest BCUT2D eigenvalue weighted by Crippen LogP contribution is 2.34. The SMILES string of the molecule is CCC(C)C(C)CP(C)CC. The van der Waals surface area contributed by atoms with Crippen LogP contribution >= 0.6 is 7.92 Å². The molecule has 0 aliphatic rings. The summed E-state index contributed by atoms with van der Waals surface area (Å²) in [6, 6.07) is 0. The van der Waals surface area contributed by atoms with Crippen LogP contribution in [0.2, 0.25) is 0 Å². The van der Waals surface area contributed by atoms with Crippen molar-refractivity contribution in [1.82, 2.24) is 0 Å². The first kappa shape index (κ1) is 11.4. The van der Waals surface area contributed by atoms with Crippen LogP contribution in [0, 0.1) is 11.8 Å². The molecule has 0 aromatic heterocycles. The van der Waals surface area contributed by atoms with Crippen LogP contribution in [-0.4, -0.2) is 19.0 Å². The van der Waals surface area contributed by atoms with E-state index in [1.807, 2.05) is 0 Å². The zero-order chi connectivity index (χ0) is 8.85. The second-order valence-corrected chi connectivity index (χ2v) is 6.43. The Morgan fingerprint density at radius 2 is 1.64 bits per heavy atom. The Kier molecular flexibility index (Phi) is 6.24. The van der Waals surface area contributed by atoms with Crippen LogP contribution in [0.15, 0.2) is 0 Å². The zero-order valence-corrected chi connectivity index (χ0v) is 9.62. The van der Waals surface area contributed by atoms with Crippen LogP contribution in [0.1, 0.15) is 34.1 Å². The van der Waals surface area contributed by atoms with Crippen molar-refractivity contribution in [2.75, 3.05) is 19.0 Å². The van der Waals surface area contributed by atoms with E-state index in [9.17, 15) is 0 Å². The lowest BCUT2D eigenvalue weighted by atomic mass is 9.96. The molecule has 11 heavy (non-hydrogen) atoms. The molecule has 0 aromatic rings. The lowest BCUT2D eigenvalue weighted by molar-refractivity contribution is 0.412. The molecule has 0 heterocycles. The van der Waals surface area contributed by atoms with Crippen molar-refractivity contribution in [2.24, 2.45) is 11.8 Å². The summed E-state index contributed by atoms with van der Waals surface area (Å²) in [5.74, 6) is 1.86. The molecule has 1 heteroatoms. The zero-order valence-electron chi connectivity index (χ0n) is 8.72. The molecule has 0 spiro atoms. The average molecular weight is 174 g/mol. The van der Waals surface area contributed by atoms with Gasteiger partial charge in [-0.3, -0.25) is 0 Å². The first-order valence-electron chi connectivity index (χ1n) is 4.80. The van der Waals surface area contributed by atoms with Gasteiger partial charge >= 0.3 is 0 Å². The molecular weight excluding hydrogens is 151 g/mol. The Morgan fingerprint density at radius 1 is 1.09 bits per heavy atom. The number of rotatable bonds is 5. The van der Waals surface area contributed by atoms with Gasteiger partial charge in [-0.15, -0.1) is 7.92 Å². The first-order chi connectivity index (χ1) is 5.11. The van der Waals surface area contributed by atoms with E-state index in [2.05, 4.69) is 34.4 Å². The largest absolute Gasteiger partial charge is 0.110 e. The lowest BCUT2D eigenvalue weighted by Gasteiger charge is -2.21. The molecule has 0 rings (SSSR count). The van der Waals surface area contributed by atoms with Gasteiger partial charge < -0.3 is 0 Å². The van der Waals surface area contributed by atoms with Gasteiger partial charge in [0.05, 0.1) is 0 Å². The van der Waals surface area contributed by atoms with Crippen molar-refractivity contribution in [2.45, 2.75) is 34.1 Å². The molecule has 0 saturated carbocycles. The highest BCUT2D eigenvalue weighted by Gasteiger charge is 2.12. The predicted octanol–water partition coefficient (Wildman–Crippen LogP) is 3.80. The van der Waals surface area contributed by atoms with Crippen LogP contribution in [0.25, 0.3) is 0 Å². The maximum Gasteiger partial charge on any atom is -0.0300 e. The molecule has 0 radical (unpaired) electrons. The van der Waals surface area contributed by atoms with Gasteiger partial charge in [-0.1, -0.05) is 34.1 Å². The topological polar surface area (TPSA) is 0 Å². The third-order valence-electron chi connectivity index (χ3n) is 2.75. The normalized spacial score (nSPS) is 19.4. The summed E-state index contributed by atoms with van der Waals surface area (Å²) in [6.45, 7) is 11.8. The van der Waals surface area contributed by atoms with Crippen molar-refractivity contribution in [3.63, 3.8) is 0 Å². The van der Waals surface area contributed by atoms with E-state index >= 15 is 0 Å². The van der Waals surface area contributed by atoms with Crippen molar-refractivity contribution in [3.8, 4) is 0 Å². The Bertz CT molecular complexity index is 90.9. The van der Waals surface area contributed by atoms with E-state index < -0.39 is 0 Å². The van der Waals surface area contributed by atoms with Gasteiger partial charge in [0, 0.05) is 0 Å². The van der Waals surface area contributed by atoms with Gasteiger partial charge in [0.25, 0.3) is 0 Å². The molecule has 0 N–H and O–H groups in total. The monoisotopic (exact) mass is 174 g/mol. The molecule has 0 nitrogen and oxygen atoms in total. The quantitative estimate of drug-likeness (QED) is 0.556. The summed E-state index contributed by atoms with van der Waals surface area (Å²) in [6.07, 6.45) is 4.21. The molecule has 0 saturated heterocycles. The van der Waals surface area contributed by atoms with Gasteiger partial charge in [0.2, 0.25) is 0 Å². The molecule has 68 valence electrons. The third-order valence-corrected chi connectivity index (χ3v) is 5.03. The molecule has 0 bridgehead atoms. The van der Waals surface area contributed by atoms with E-state index in [1.165, 1.54) is 18.7 Å². The Hall–Kier alpha value is 0.430. The van der Waals surface area contributed by atoms with Crippen molar-refractivity contribution in [1.29, 1.82) is 0 Å². The standard InChI is InChI=1S/C10H23P/c1-6-9(3)10(4)8-11(5)7-2/h9-10H,6-8H2,1-5H3. The van der Waals surface area contributed by atoms with Gasteiger partial charge in [-0.05, 0) is 30.8 Å². The molecule has 3 atom stereocenters. The molecule has 0 aliphatic heterocycles. The summed E-state index contributed by atoms with van der Waals surface area (Å²) in [5, 5.41) is 0. The third kappa shape index (κ3) is 4.80. The van der Waals surface area contributed by atoms with Gasteiger partial charge in [-0.25, -0.2) is 0 Å². The van der Waals surface area contributed by atoms with Crippen molar-refractivity contribution < 1.29 is 0 Å². The highest BCUT2D eigenvalue weighted by atomic mass is 31.1. The number of hydrogen-bond acceptors (Lipinski definition) is 0. The van der Waals surface area contributed by atoms with Crippen LogP contribution in [0.4, 0.5) is 0 Å². The maximum absolute atomic E-state index is 2.42. The lowest BCUT2D eigenvalue weighted by Crippen LogP contribution is -2.10.